The summed E-state index contributed by atoms with van der Waals surface area (Å²) in [5, 5.41) is 32.1. The molecule has 34 heavy (non-hydrogen) atoms. The first kappa shape index (κ1) is 22.6. The van der Waals surface area contributed by atoms with Crippen LogP contribution in [0.3, 0.4) is 0 Å². The van der Waals surface area contributed by atoms with E-state index in [4.69, 9.17) is 0 Å². The molecule has 0 amide bonds. The van der Waals surface area contributed by atoms with E-state index in [2.05, 4.69) is 25.7 Å². The fraction of sp³-hybridized carbons (Fsp3) is 0.182. The molecule has 0 bridgehead atoms. The van der Waals surface area contributed by atoms with Gasteiger partial charge in [-0.25, -0.2) is 10.2 Å². The van der Waals surface area contributed by atoms with Crippen molar-refractivity contribution >= 4 is 34.7 Å². The first-order valence-corrected chi connectivity index (χ1v) is 10.3. The number of aryl methyl sites for hydroxylation is 1. The van der Waals surface area contributed by atoms with Gasteiger partial charge in [0, 0.05) is 26.2 Å². The third-order valence-corrected chi connectivity index (χ3v) is 5.09. The summed E-state index contributed by atoms with van der Waals surface area (Å²) in [6.45, 7) is -0.201. The number of hydrazone groups is 1. The zero-order chi connectivity index (χ0) is 24.2. The van der Waals surface area contributed by atoms with Crippen LogP contribution in [0.2, 0.25) is 0 Å². The van der Waals surface area contributed by atoms with Crippen LogP contribution in [-0.4, -0.2) is 41.7 Å². The van der Waals surface area contributed by atoms with E-state index in [0.717, 1.165) is 4.57 Å². The van der Waals surface area contributed by atoms with Gasteiger partial charge in [0.25, 0.3) is 5.56 Å². The van der Waals surface area contributed by atoms with Gasteiger partial charge < -0.3 is 14.8 Å². The van der Waals surface area contributed by atoms with Gasteiger partial charge in [-0.15, -0.1) is 0 Å². The molecule has 0 unspecified atom stereocenters. The Morgan fingerprint density at radius 3 is 2.50 bits per heavy atom. The molecule has 2 aromatic carbocycles. The lowest BCUT2D eigenvalue weighted by atomic mass is 10.2. The Balaban J connectivity index is 1.64. The van der Waals surface area contributed by atoms with E-state index in [1.54, 1.807) is 12.1 Å². The van der Waals surface area contributed by atoms with Gasteiger partial charge in [-0.05, 0) is 30.3 Å². The summed E-state index contributed by atoms with van der Waals surface area (Å²) >= 11 is 0. The number of aromatic hydroxyl groups is 1. The highest BCUT2D eigenvalue weighted by molar-refractivity contribution is 5.85. The third-order valence-electron chi connectivity index (χ3n) is 5.09. The monoisotopic (exact) mass is 462 g/mol. The standard InChI is InChI=1S/C22H22N8O4/c1-28-19-18(20(33)29(2)22(28)34)30(10-11-31)21(24-19)27-23-13-14-12-16(8-9-17(14)32)26-25-15-6-4-3-5-7-15/h3-9,12-13,31-32H,10-11H2,1-2H3,(H,24,27). The molecule has 0 saturated carbocycles. The number of fused-ring (bicyclic) bond motifs is 1. The molecule has 12 heteroatoms. The first-order valence-electron chi connectivity index (χ1n) is 10.3. The number of nitrogens with zero attached hydrogens (tertiary/aromatic N) is 7. The second kappa shape index (κ2) is 9.50. The van der Waals surface area contributed by atoms with Gasteiger partial charge in [-0.1, -0.05) is 18.2 Å². The number of aromatic nitrogens is 4. The number of anilines is 1. The van der Waals surface area contributed by atoms with Crippen molar-refractivity contribution < 1.29 is 10.2 Å². The van der Waals surface area contributed by atoms with E-state index in [0.29, 0.717) is 16.9 Å². The van der Waals surface area contributed by atoms with Gasteiger partial charge in [0.15, 0.2) is 11.2 Å². The smallest absolute Gasteiger partial charge is 0.332 e. The second-order valence-corrected chi connectivity index (χ2v) is 7.34. The van der Waals surface area contributed by atoms with Crippen molar-refractivity contribution in [2.75, 3.05) is 12.0 Å². The number of rotatable bonds is 7. The van der Waals surface area contributed by atoms with E-state index in [1.807, 2.05) is 30.3 Å². The summed E-state index contributed by atoms with van der Waals surface area (Å²) in [4.78, 5) is 29.2. The summed E-state index contributed by atoms with van der Waals surface area (Å²) in [6.07, 6.45) is 1.36. The van der Waals surface area contributed by atoms with Crippen molar-refractivity contribution in [1.82, 2.24) is 18.7 Å². The molecule has 0 aliphatic rings. The lowest BCUT2D eigenvalue weighted by molar-refractivity contribution is 0.278. The van der Waals surface area contributed by atoms with Crippen molar-refractivity contribution in [3.8, 4) is 5.75 Å². The molecule has 0 spiro atoms. The maximum absolute atomic E-state index is 12.6. The Hall–Kier alpha value is -4.58. The minimum absolute atomic E-state index is 0.0238. The van der Waals surface area contributed by atoms with E-state index >= 15 is 0 Å². The molecule has 0 aliphatic carbocycles. The summed E-state index contributed by atoms with van der Waals surface area (Å²) in [5.41, 5.74) is 3.54. The fourth-order valence-corrected chi connectivity index (χ4v) is 3.33. The zero-order valence-corrected chi connectivity index (χ0v) is 18.5. The van der Waals surface area contributed by atoms with Crippen molar-refractivity contribution in [1.29, 1.82) is 0 Å². The van der Waals surface area contributed by atoms with Crippen LogP contribution in [0.25, 0.3) is 11.2 Å². The highest BCUT2D eigenvalue weighted by atomic mass is 16.3. The molecular weight excluding hydrogens is 440 g/mol. The Bertz CT molecular complexity index is 1520. The molecule has 2 aromatic heterocycles. The first-order chi connectivity index (χ1) is 16.4. The summed E-state index contributed by atoms with van der Waals surface area (Å²) in [7, 11) is 2.87. The Morgan fingerprint density at radius 1 is 1.03 bits per heavy atom. The van der Waals surface area contributed by atoms with Gasteiger partial charge in [0.2, 0.25) is 5.95 Å². The van der Waals surface area contributed by atoms with E-state index < -0.39 is 11.2 Å². The van der Waals surface area contributed by atoms with Crippen LogP contribution in [0.4, 0.5) is 17.3 Å². The molecule has 2 heterocycles. The maximum Gasteiger partial charge on any atom is 0.332 e. The van der Waals surface area contributed by atoms with E-state index in [1.165, 1.54) is 35.5 Å². The van der Waals surface area contributed by atoms with Crippen molar-refractivity contribution in [3.05, 3.63) is 74.9 Å². The van der Waals surface area contributed by atoms with Crippen LogP contribution in [0.5, 0.6) is 5.75 Å². The molecule has 0 radical (unpaired) electrons. The minimum Gasteiger partial charge on any atom is -0.507 e. The second-order valence-electron chi connectivity index (χ2n) is 7.34. The Kier molecular flexibility index (Phi) is 6.32. The number of hydrogen-bond donors (Lipinski definition) is 3. The summed E-state index contributed by atoms with van der Waals surface area (Å²) < 4.78 is 3.66. The van der Waals surface area contributed by atoms with Crippen LogP contribution in [0, 0.1) is 0 Å². The lowest BCUT2D eigenvalue weighted by Crippen LogP contribution is -2.37. The number of azo groups is 1. The normalized spacial score (nSPS) is 11.7. The molecule has 0 saturated heterocycles. The number of nitrogens with one attached hydrogen (secondary N) is 1. The largest absolute Gasteiger partial charge is 0.507 e. The van der Waals surface area contributed by atoms with Crippen molar-refractivity contribution in [3.63, 3.8) is 0 Å². The van der Waals surface area contributed by atoms with Crippen molar-refractivity contribution in [2.45, 2.75) is 6.54 Å². The maximum atomic E-state index is 12.6. The van der Waals surface area contributed by atoms with Crippen LogP contribution in [-0.2, 0) is 20.6 Å². The number of aliphatic hydroxyl groups is 1. The van der Waals surface area contributed by atoms with E-state index in [9.17, 15) is 19.8 Å². The Morgan fingerprint density at radius 2 is 1.76 bits per heavy atom. The molecule has 4 rings (SSSR count). The number of benzene rings is 2. The van der Waals surface area contributed by atoms with Crippen molar-refractivity contribution in [2.24, 2.45) is 29.4 Å². The number of phenols is 1. The number of aliphatic hydroxyl groups excluding tert-OH is 1. The van der Waals surface area contributed by atoms with Crippen LogP contribution in [0.15, 0.2) is 73.4 Å². The van der Waals surface area contributed by atoms with Gasteiger partial charge in [-0.3, -0.25) is 13.9 Å². The fourth-order valence-electron chi connectivity index (χ4n) is 3.33. The van der Waals surface area contributed by atoms with Crippen LogP contribution in [0.1, 0.15) is 5.56 Å². The predicted molar refractivity (Wildman–Crippen MR) is 127 cm³/mol. The average molecular weight is 462 g/mol. The minimum atomic E-state index is -0.537. The van der Waals surface area contributed by atoms with Gasteiger partial charge in [0.05, 0.1) is 24.2 Å². The van der Waals surface area contributed by atoms with Crippen LogP contribution >= 0.6 is 0 Å². The predicted octanol–water partition coefficient (Wildman–Crippen LogP) is 1.99. The molecule has 3 N–H and O–H groups in total. The topological polar surface area (TPSA) is 151 Å². The Labute approximate surface area is 192 Å². The van der Waals surface area contributed by atoms with Crippen LogP contribution < -0.4 is 16.7 Å². The van der Waals surface area contributed by atoms with Gasteiger partial charge in [-0.2, -0.15) is 20.3 Å². The molecule has 0 fully saturated rings. The molecule has 0 atom stereocenters. The van der Waals surface area contributed by atoms with Gasteiger partial charge >= 0.3 is 5.69 Å². The quantitative estimate of drug-likeness (QED) is 0.217. The zero-order valence-electron chi connectivity index (χ0n) is 18.5. The highest BCUT2D eigenvalue weighted by Crippen LogP contribution is 2.24. The number of phenolic OH excluding ortho intramolecular Hbond substituents is 1. The summed E-state index contributed by atoms with van der Waals surface area (Å²) in [6, 6.07) is 13.9. The molecule has 174 valence electrons. The summed E-state index contributed by atoms with van der Waals surface area (Å²) in [5.74, 6) is 0.127. The average Bonchev–Trinajstić information content (AvgIpc) is 3.21. The number of imidazole rings is 1. The molecular formula is C22H22N8O4. The molecule has 0 aliphatic heterocycles. The van der Waals surface area contributed by atoms with E-state index in [-0.39, 0.29) is 36.0 Å². The number of hydrogen-bond acceptors (Lipinski definition) is 9. The highest BCUT2D eigenvalue weighted by Gasteiger charge is 2.18. The lowest BCUT2D eigenvalue weighted by Gasteiger charge is -2.07. The molecule has 12 nitrogen and oxygen atoms in total. The SMILES string of the molecule is Cn1c(=O)c2c(nc(NN=Cc3cc(N=Nc4ccccc4)ccc3O)n2CCO)n(C)c1=O. The third kappa shape index (κ3) is 4.34. The van der Waals surface area contributed by atoms with Gasteiger partial charge in [0.1, 0.15) is 5.75 Å². The molecule has 4 aromatic rings.